The van der Waals surface area contributed by atoms with Gasteiger partial charge in [0.1, 0.15) is 0 Å². The number of carbonyl (C=O) groups excluding carboxylic acids is 1. The summed E-state index contributed by atoms with van der Waals surface area (Å²) in [6.45, 7) is 7.19. The molecule has 0 spiro atoms. The molecule has 1 fully saturated rings. The molecule has 1 aromatic carbocycles. The van der Waals surface area contributed by atoms with Crippen molar-refractivity contribution >= 4 is 18.3 Å². The van der Waals surface area contributed by atoms with Crippen LogP contribution in [0.2, 0.25) is 0 Å². The molecular formula is C19H32ClN3O. The number of benzene rings is 1. The van der Waals surface area contributed by atoms with Crippen LogP contribution in [-0.2, 0) is 4.79 Å². The molecule has 2 atom stereocenters. The van der Waals surface area contributed by atoms with Crippen LogP contribution in [-0.4, -0.2) is 36.5 Å². The number of halogens is 1. The highest BCUT2D eigenvalue weighted by Gasteiger charge is 2.25. The van der Waals surface area contributed by atoms with Gasteiger partial charge in [-0.05, 0) is 43.8 Å². The van der Waals surface area contributed by atoms with Crippen LogP contribution in [0.15, 0.2) is 30.3 Å². The quantitative estimate of drug-likeness (QED) is 0.791. The number of nitrogens with one attached hydrogen (secondary N) is 1. The lowest BCUT2D eigenvalue weighted by atomic mass is 9.95. The van der Waals surface area contributed by atoms with Gasteiger partial charge in [-0.2, -0.15) is 0 Å². The SMILES string of the molecule is CCCC(N)C(=O)NCC(c1ccccc1)N1CCC(C)CC1.Cl. The Morgan fingerprint density at radius 2 is 1.92 bits per heavy atom. The van der Waals surface area contributed by atoms with Crippen molar-refractivity contribution in [1.82, 2.24) is 10.2 Å². The van der Waals surface area contributed by atoms with Crippen molar-refractivity contribution in [2.45, 2.75) is 51.6 Å². The Balaban J connectivity index is 0.00000288. The van der Waals surface area contributed by atoms with Crippen LogP contribution in [0.4, 0.5) is 0 Å². The number of rotatable bonds is 7. The topological polar surface area (TPSA) is 58.4 Å². The second kappa shape index (κ2) is 10.7. The zero-order valence-electron chi connectivity index (χ0n) is 14.9. The highest BCUT2D eigenvalue weighted by atomic mass is 35.5. The zero-order valence-corrected chi connectivity index (χ0v) is 15.7. The normalized spacial score (nSPS) is 18.5. The van der Waals surface area contributed by atoms with Crippen molar-refractivity contribution in [3.63, 3.8) is 0 Å². The Kier molecular flexibility index (Phi) is 9.34. The molecule has 5 heteroatoms. The molecule has 0 aliphatic carbocycles. The van der Waals surface area contributed by atoms with E-state index >= 15 is 0 Å². The van der Waals surface area contributed by atoms with E-state index in [9.17, 15) is 4.79 Å². The standard InChI is InChI=1S/C19H31N3O.ClH/c1-3-7-17(20)19(23)21-14-18(16-8-5-4-6-9-16)22-12-10-15(2)11-13-22;/h4-6,8-9,15,17-18H,3,7,10-14,20H2,1-2H3,(H,21,23);1H. The predicted molar refractivity (Wildman–Crippen MR) is 102 cm³/mol. The maximum Gasteiger partial charge on any atom is 0.236 e. The number of likely N-dealkylation sites (tertiary alicyclic amines) is 1. The molecule has 3 N–H and O–H groups in total. The van der Waals surface area contributed by atoms with Crippen LogP contribution in [0.25, 0.3) is 0 Å². The van der Waals surface area contributed by atoms with Gasteiger partial charge in [0.15, 0.2) is 0 Å². The summed E-state index contributed by atoms with van der Waals surface area (Å²) in [6.07, 6.45) is 4.13. The minimum absolute atomic E-state index is 0. The van der Waals surface area contributed by atoms with E-state index < -0.39 is 6.04 Å². The van der Waals surface area contributed by atoms with Gasteiger partial charge >= 0.3 is 0 Å². The van der Waals surface area contributed by atoms with Crippen LogP contribution in [0, 0.1) is 5.92 Å². The van der Waals surface area contributed by atoms with Crippen LogP contribution < -0.4 is 11.1 Å². The summed E-state index contributed by atoms with van der Waals surface area (Å²) in [7, 11) is 0. The highest BCUT2D eigenvalue weighted by molar-refractivity contribution is 5.85. The molecule has 1 heterocycles. The Labute approximate surface area is 152 Å². The molecule has 0 saturated carbocycles. The molecule has 0 bridgehead atoms. The number of piperidine rings is 1. The third kappa shape index (κ3) is 6.08. The van der Waals surface area contributed by atoms with Crippen LogP contribution >= 0.6 is 12.4 Å². The lowest BCUT2D eigenvalue weighted by Gasteiger charge is -2.37. The fraction of sp³-hybridized carbons (Fsp3) is 0.632. The minimum atomic E-state index is -0.391. The number of nitrogens with two attached hydrogens (primary N) is 1. The first-order chi connectivity index (χ1) is 11.1. The smallest absolute Gasteiger partial charge is 0.236 e. The Morgan fingerprint density at radius 3 is 2.50 bits per heavy atom. The summed E-state index contributed by atoms with van der Waals surface area (Å²) >= 11 is 0. The zero-order chi connectivity index (χ0) is 16.7. The van der Waals surface area contributed by atoms with Crippen LogP contribution in [0.5, 0.6) is 0 Å². The molecule has 136 valence electrons. The minimum Gasteiger partial charge on any atom is -0.353 e. The Bertz CT molecular complexity index is 475. The first-order valence-electron chi connectivity index (χ1n) is 8.94. The van der Waals surface area contributed by atoms with Crippen LogP contribution in [0.3, 0.4) is 0 Å². The summed E-state index contributed by atoms with van der Waals surface area (Å²) in [5.41, 5.74) is 7.19. The first kappa shape index (κ1) is 20.9. The Morgan fingerprint density at radius 1 is 1.29 bits per heavy atom. The third-order valence-corrected chi connectivity index (χ3v) is 4.85. The van der Waals surface area contributed by atoms with Crippen molar-refractivity contribution in [3.05, 3.63) is 35.9 Å². The average molecular weight is 354 g/mol. The van der Waals surface area contributed by atoms with Gasteiger partial charge in [0, 0.05) is 6.54 Å². The highest BCUT2D eigenvalue weighted by Crippen LogP contribution is 2.26. The van der Waals surface area contributed by atoms with E-state index in [0.29, 0.717) is 6.54 Å². The Hall–Kier alpha value is -1.10. The van der Waals surface area contributed by atoms with E-state index in [0.717, 1.165) is 31.8 Å². The number of nitrogens with zero attached hydrogens (tertiary/aromatic N) is 1. The van der Waals surface area contributed by atoms with E-state index in [2.05, 4.69) is 48.3 Å². The van der Waals surface area contributed by atoms with Gasteiger partial charge in [-0.15, -0.1) is 12.4 Å². The van der Waals surface area contributed by atoms with Gasteiger partial charge in [-0.3, -0.25) is 9.69 Å². The van der Waals surface area contributed by atoms with E-state index in [1.807, 2.05) is 6.07 Å². The number of hydrogen-bond donors (Lipinski definition) is 2. The molecular weight excluding hydrogens is 322 g/mol. The lowest BCUT2D eigenvalue weighted by Crippen LogP contribution is -2.46. The molecule has 4 nitrogen and oxygen atoms in total. The van der Waals surface area contributed by atoms with Gasteiger partial charge in [0.25, 0.3) is 0 Å². The van der Waals surface area contributed by atoms with Crippen molar-refractivity contribution in [2.75, 3.05) is 19.6 Å². The van der Waals surface area contributed by atoms with Gasteiger partial charge in [-0.1, -0.05) is 50.6 Å². The largest absolute Gasteiger partial charge is 0.353 e. The fourth-order valence-electron chi connectivity index (χ4n) is 3.24. The van der Waals surface area contributed by atoms with Crippen molar-refractivity contribution in [2.24, 2.45) is 11.7 Å². The molecule has 24 heavy (non-hydrogen) atoms. The van der Waals surface area contributed by atoms with Crippen molar-refractivity contribution < 1.29 is 4.79 Å². The average Bonchev–Trinajstić information content (AvgIpc) is 2.57. The van der Waals surface area contributed by atoms with E-state index in [4.69, 9.17) is 5.73 Å². The lowest BCUT2D eigenvalue weighted by molar-refractivity contribution is -0.122. The summed E-state index contributed by atoms with van der Waals surface area (Å²) in [4.78, 5) is 14.6. The number of amides is 1. The fourth-order valence-corrected chi connectivity index (χ4v) is 3.24. The molecule has 1 saturated heterocycles. The predicted octanol–water partition coefficient (Wildman–Crippen LogP) is 3.13. The van der Waals surface area contributed by atoms with Gasteiger partial charge in [0.2, 0.25) is 5.91 Å². The maximum atomic E-state index is 12.1. The second-order valence-corrected chi connectivity index (χ2v) is 6.79. The molecule has 2 unspecified atom stereocenters. The summed E-state index contributed by atoms with van der Waals surface area (Å²) in [6, 6.07) is 10.3. The molecule has 2 rings (SSSR count). The summed E-state index contributed by atoms with van der Waals surface area (Å²) in [5.74, 6) is 0.772. The van der Waals surface area contributed by atoms with E-state index in [-0.39, 0.29) is 24.4 Å². The molecule has 1 aliphatic heterocycles. The number of carbonyl (C=O) groups is 1. The second-order valence-electron chi connectivity index (χ2n) is 6.79. The molecule has 1 aromatic rings. The maximum absolute atomic E-state index is 12.1. The molecule has 1 aliphatic rings. The first-order valence-corrected chi connectivity index (χ1v) is 8.94. The number of hydrogen-bond acceptors (Lipinski definition) is 3. The van der Waals surface area contributed by atoms with Crippen molar-refractivity contribution in [3.8, 4) is 0 Å². The van der Waals surface area contributed by atoms with Gasteiger partial charge in [-0.25, -0.2) is 0 Å². The molecule has 1 amide bonds. The molecule has 0 aromatic heterocycles. The van der Waals surface area contributed by atoms with Crippen LogP contribution in [0.1, 0.15) is 51.1 Å². The molecule has 0 radical (unpaired) electrons. The third-order valence-electron chi connectivity index (χ3n) is 4.85. The van der Waals surface area contributed by atoms with Gasteiger partial charge in [0.05, 0.1) is 12.1 Å². The van der Waals surface area contributed by atoms with E-state index in [1.54, 1.807) is 0 Å². The summed E-state index contributed by atoms with van der Waals surface area (Å²) in [5, 5.41) is 3.07. The summed E-state index contributed by atoms with van der Waals surface area (Å²) < 4.78 is 0. The van der Waals surface area contributed by atoms with Gasteiger partial charge < -0.3 is 11.1 Å². The van der Waals surface area contributed by atoms with E-state index in [1.165, 1.54) is 18.4 Å². The monoisotopic (exact) mass is 353 g/mol. The van der Waals surface area contributed by atoms with Crippen molar-refractivity contribution in [1.29, 1.82) is 0 Å².